The Balaban J connectivity index is 1.75. The van der Waals surface area contributed by atoms with Crippen molar-refractivity contribution in [1.29, 1.82) is 0 Å². The van der Waals surface area contributed by atoms with Gasteiger partial charge in [0.25, 0.3) is 5.91 Å². The zero-order chi connectivity index (χ0) is 24.1. The standard InChI is InChI=1S/C20H15F6N5O2/c1-30-28-16-13-8-10(18(33)27-9-15(32)20(24,25)26)2-7-14(13)31(17(16)29-30)12-5-3-11(4-6-12)19(21,22)23/h2-8,15,32H,9H2,1H3,(H,27,33)/t15-/m0/s1. The summed E-state index contributed by atoms with van der Waals surface area (Å²) in [7, 11) is 1.54. The summed E-state index contributed by atoms with van der Waals surface area (Å²) in [5, 5.41) is 20.0. The molecule has 1 atom stereocenters. The van der Waals surface area contributed by atoms with Gasteiger partial charge in [0, 0.05) is 23.7 Å². The molecule has 1 amide bonds. The molecule has 4 aromatic rings. The molecule has 0 spiro atoms. The highest BCUT2D eigenvalue weighted by molar-refractivity contribution is 6.08. The van der Waals surface area contributed by atoms with Gasteiger partial charge >= 0.3 is 12.4 Å². The van der Waals surface area contributed by atoms with E-state index in [2.05, 4.69) is 10.2 Å². The summed E-state index contributed by atoms with van der Waals surface area (Å²) in [4.78, 5) is 13.6. The minimum absolute atomic E-state index is 0.00833. The van der Waals surface area contributed by atoms with Crippen LogP contribution in [0.1, 0.15) is 15.9 Å². The highest BCUT2D eigenvalue weighted by Crippen LogP contribution is 2.33. The van der Waals surface area contributed by atoms with E-state index in [1.807, 2.05) is 5.32 Å². The molecule has 0 saturated heterocycles. The van der Waals surface area contributed by atoms with Crippen LogP contribution in [0, 0.1) is 0 Å². The number of fused-ring (bicyclic) bond motifs is 3. The Hall–Kier alpha value is -3.61. The number of hydrogen-bond acceptors (Lipinski definition) is 4. The number of benzene rings is 2. The lowest BCUT2D eigenvalue weighted by Gasteiger charge is -2.15. The van der Waals surface area contributed by atoms with Gasteiger partial charge in [-0.15, -0.1) is 5.10 Å². The summed E-state index contributed by atoms with van der Waals surface area (Å²) in [5.74, 6) is -0.848. The third kappa shape index (κ3) is 4.23. The number of aromatic nitrogens is 4. The van der Waals surface area contributed by atoms with E-state index in [0.717, 1.165) is 12.1 Å². The number of carbonyl (C=O) groups is 1. The second kappa shape index (κ2) is 7.76. The van der Waals surface area contributed by atoms with Crippen molar-refractivity contribution >= 4 is 28.0 Å². The molecule has 0 aliphatic rings. The van der Waals surface area contributed by atoms with Gasteiger partial charge in [-0.05, 0) is 42.5 Å². The molecular formula is C20H15F6N5O2. The van der Waals surface area contributed by atoms with E-state index in [9.17, 15) is 31.1 Å². The number of carbonyl (C=O) groups excluding carboxylic acids is 1. The molecule has 2 N–H and O–H groups in total. The summed E-state index contributed by atoms with van der Waals surface area (Å²) in [6.07, 6.45) is -12.1. The number of rotatable bonds is 4. The lowest BCUT2D eigenvalue weighted by molar-refractivity contribution is -0.201. The molecule has 0 unspecified atom stereocenters. The first-order valence-corrected chi connectivity index (χ1v) is 9.42. The van der Waals surface area contributed by atoms with E-state index < -0.39 is 36.5 Å². The van der Waals surface area contributed by atoms with Crippen LogP contribution in [0.5, 0.6) is 0 Å². The molecule has 7 nitrogen and oxygen atoms in total. The predicted octanol–water partition coefficient (Wildman–Crippen LogP) is 3.58. The first kappa shape index (κ1) is 22.6. The van der Waals surface area contributed by atoms with Crippen LogP contribution in [0.2, 0.25) is 0 Å². The molecule has 0 saturated carbocycles. The molecule has 2 aromatic carbocycles. The summed E-state index contributed by atoms with van der Waals surface area (Å²) in [6, 6.07) is 8.63. The molecule has 0 bridgehead atoms. The molecule has 2 aromatic heterocycles. The molecule has 0 aliphatic heterocycles. The van der Waals surface area contributed by atoms with Crippen LogP contribution >= 0.6 is 0 Å². The second-order valence-corrected chi connectivity index (χ2v) is 7.24. The number of aliphatic hydroxyl groups is 1. The SMILES string of the molecule is Cn1nc2c3cc(C(=O)NC[C@H](O)C(F)(F)F)ccc3n(-c3ccc(C(F)(F)F)cc3)c2n1. The number of halogens is 6. The van der Waals surface area contributed by atoms with Gasteiger partial charge < -0.3 is 10.4 Å². The van der Waals surface area contributed by atoms with Crippen LogP contribution in [0.4, 0.5) is 26.3 Å². The highest BCUT2D eigenvalue weighted by atomic mass is 19.4. The molecule has 2 heterocycles. The normalized spacial score (nSPS) is 13.6. The van der Waals surface area contributed by atoms with Crippen molar-refractivity contribution in [3.05, 3.63) is 53.6 Å². The van der Waals surface area contributed by atoms with Crippen LogP contribution in [0.3, 0.4) is 0 Å². The molecule has 4 rings (SSSR count). The Labute approximate surface area is 181 Å². The van der Waals surface area contributed by atoms with Gasteiger partial charge in [0.2, 0.25) is 0 Å². The van der Waals surface area contributed by atoms with Gasteiger partial charge in [0.05, 0.1) is 17.6 Å². The molecule has 13 heteroatoms. The average molecular weight is 471 g/mol. The number of aryl methyl sites for hydroxylation is 1. The monoisotopic (exact) mass is 471 g/mol. The van der Waals surface area contributed by atoms with E-state index in [0.29, 0.717) is 27.8 Å². The average Bonchev–Trinajstić information content (AvgIpc) is 3.24. The van der Waals surface area contributed by atoms with Crippen molar-refractivity contribution in [1.82, 2.24) is 24.9 Å². The zero-order valence-corrected chi connectivity index (χ0v) is 16.7. The first-order chi connectivity index (χ1) is 15.4. The van der Waals surface area contributed by atoms with Gasteiger partial charge in [-0.3, -0.25) is 9.36 Å². The minimum atomic E-state index is -4.87. The van der Waals surface area contributed by atoms with Gasteiger partial charge in [0.1, 0.15) is 5.52 Å². The Morgan fingerprint density at radius 2 is 1.73 bits per heavy atom. The largest absolute Gasteiger partial charge is 0.416 e. The molecular weight excluding hydrogens is 456 g/mol. The quantitative estimate of drug-likeness (QED) is 0.446. The van der Waals surface area contributed by atoms with E-state index in [4.69, 9.17) is 5.11 Å². The second-order valence-electron chi connectivity index (χ2n) is 7.24. The first-order valence-electron chi connectivity index (χ1n) is 9.42. The van der Waals surface area contributed by atoms with Crippen molar-refractivity contribution in [2.24, 2.45) is 7.05 Å². The molecule has 0 radical (unpaired) electrons. The van der Waals surface area contributed by atoms with E-state index in [-0.39, 0.29) is 5.56 Å². The van der Waals surface area contributed by atoms with Crippen LogP contribution in [-0.2, 0) is 13.2 Å². The Morgan fingerprint density at radius 1 is 1.06 bits per heavy atom. The summed E-state index contributed by atoms with van der Waals surface area (Å²) < 4.78 is 77.7. The Bertz CT molecular complexity index is 1340. The fraction of sp³-hybridized carbons (Fsp3) is 0.250. The number of hydrogen-bond donors (Lipinski definition) is 2. The van der Waals surface area contributed by atoms with Gasteiger partial charge in [0.15, 0.2) is 11.8 Å². The van der Waals surface area contributed by atoms with E-state index in [1.54, 1.807) is 4.57 Å². The summed E-state index contributed by atoms with van der Waals surface area (Å²) >= 11 is 0. The van der Waals surface area contributed by atoms with Gasteiger partial charge in [-0.1, -0.05) is 0 Å². The third-order valence-electron chi connectivity index (χ3n) is 4.95. The van der Waals surface area contributed by atoms with Crippen molar-refractivity contribution in [2.75, 3.05) is 6.54 Å². The molecule has 0 aliphatic carbocycles. The molecule has 33 heavy (non-hydrogen) atoms. The zero-order valence-electron chi connectivity index (χ0n) is 16.7. The number of aliphatic hydroxyl groups excluding tert-OH is 1. The minimum Gasteiger partial charge on any atom is -0.382 e. The predicted molar refractivity (Wildman–Crippen MR) is 105 cm³/mol. The maximum absolute atomic E-state index is 12.9. The lowest BCUT2D eigenvalue weighted by atomic mass is 10.1. The van der Waals surface area contributed by atoms with Gasteiger partial charge in [-0.25, -0.2) is 0 Å². The number of amides is 1. The van der Waals surface area contributed by atoms with E-state index >= 15 is 0 Å². The van der Waals surface area contributed by atoms with Crippen molar-refractivity contribution in [2.45, 2.75) is 18.5 Å². The van der Waals surface area contributed by atoms with Crippen LogP contribution in [0.25, 0.3) is 27.8 Å². The van der Waals surface area contributed by atoms with Crippen molar-refractivity contribution in [3.63, 3.8) is 0 Å². The molecule has 0 fully saturated rings. The van der Waals surface area contributed by atoms with Crippen LogP contribution < -0.4 is 5.32 Å². The maximum atomic E-state index is 12.9. The number of nitrogens with zero attached hydrogens (tertiary/aromatic N) is 4. The Morgan fingerprint density at radius 3 is 2.33 bits per heavy atom. The van der Waals surface area contributed by atoms with Crippen molar-refractivity contribution < 1.29 is 36.2 Å². The van der Waals surface area contributed by atoms with Gasteiger partial charge in [-0.2, -0.15) is 36.2 Å². The highest BCUT2D eigenvalue weighted by Gasteiger charge is 2.38. The lowest BCUT2D eigenvalue weighted by Crippen LogP contribution is -2.40. The topological polar surface area (TPSA) is 85.0 Å². The smallest absolute Gasteiger partial charge is 0.382 e. The maximum Gasteiger partial charge on any atom is 0.416 e. The number of nitrogens with one attached hydrogen (secondary N) is 1. The fourth-order valence-corrected chi connectivity index (χ4v) is 3.37. The van der Waals surface area contributed by atoms with Crippen LogP contribution in [0.15, 0.2) is 42.5 Å². The fourth-order valence-electron chi connectivity index (χ4n) is 3.37. The van der Waals surface area contributed by atoms with E-state index in [1.165, 1.54) is 42.2 Å². The Kier molecular flexibility index (Phi) is 5.31. The third-order valence-corrected chi connectivity index (χ3v) is 4.95. The van der Waals surface area contributed by atoms with Crippen molar-refractivity contribution in [3.8, 4) is 5.69 Å². The molecule has 174 valence electrons. The summed E-state index contributed by atoms with van der Waals surface area (Å²) in [6.45, 7) is -1.02. The summed E-state index contributed by atoms with van der Waals surface area (Å²) in [5.41, 5.74) is 0.697. The number of alkyl halides is 6. The van der Waals surface area contributed by atoms with Crippen LogP contribution in [-0.4, -0.2) is 49.4 Å².